The molecule has 3 N–H and O–H groups in total. The number of aliphatic hydroxyl groups excluding tert-OH is 1. The van der Waals surface area contributed by atoms with Crippen molar-refractivity contribution >= 4 is 9.84 Å². The van der Waals surface area contributed by atoms with E-state index in [0.717, 1.165) is 0 Å². The molecule has 0 spiro atoms. The van der Waals surface area contributed by atoms with E-state index in [1.807, 2.05) is 0 Å². The number of rotatable bonds is 1. The number of sulfone groups is 1. The van der Waals surface area contributed by atoms with E-state index in [9.17, 15) is 8.42 Å². The Labute approximate surface area is 78.0 Å². The van der Waals surface area contributed by atoms with Gasteiger partial charge in [-0.15, -0.1) is 0 Å². The molecule has 1 saturated heterocycles. The Balaban J connectivity index is 2.04. The van der Waals surface area contributed by atoms with Crippen molar-refractivity contribution in [1.82, 2.24) is 0 Å². The summed E-state index contributed by atoms with van der Waals surface area (Å²) in [6.07, 6.45) is 1.49. The zero-order valence-electron chi connectivity index (χ0n) is 7.44. The standard InChI is InChI=1S/C8H15NO3S/c9-8(3-7(10)4-8)6-1-2-13(11,12)5-6/h6-7,10H,1-5,9H2. The van der Waals surface area contributed by atoms with Crippen LogP contribution in [0.1, 0.15) is 19.3 Å². The van der Waals surface area contributed by atoms with Gasteiger partial charge in [-0.3, -0.25) is 0 Å². The molecule has 0 radical (unpaired) electrons. The fourth-order valence-corrected chi connectivity index (χ4v) is 4.32. The highest BCUT2D eigenvalue weighted by Crippen LogP contribution is 2.41. The summed E-state index contributed by atoms with van der Waals surface area (Å²) < 4.78 is 22.4. The average molecular weight is 205 g/mol. The first-order valence-electron chi connectivity index (χ1n) is 4.59. The molecule has 1 unspecified atom stereocenters. The summed E-state index contributed by atoms with van der Waals surface area (Å²) in [6, 6.07) is 0. The zero-order valence-corrected chi connectivity index (χ0v) is 8.26. The normalized spacial score (nSPS) is 48.8. The van der Waals surface area contributed by atoms with Gasteiger partial charge in [-0.05, 0) is 25.2 Å². The Morgan fingerprint density at radius 3 is 2.38 bits per heavy atom. The lowest BCUT2D eigenvalue weighted by Gasteiger charge is -2.46. The van der Waals surface area contributed by atoms with Crippen molar-refractivity contribution < 1.29 is 13.5 Å². The van der Waals surface area contributed by atoms with Crippen molar-refractivity contribution in [2.45, 2.75) is 30.9 Å². The predicted molar refractivity (Wildman–Crippen MR) is 48.9 cm³/mol. The van der Waals surface area contributed by atoms with E-state index in [4.69, 9.17) is 10.8 Å². The van der Waals surface area contributed by atoms with E-state index in [2.05, 4.69) is 0 Å². The van der Waals surface area contributed by atoms with Crippen LogP contribution in [0.4, 0.5) is 0 Å². The van der Waals surface area contributed by atoms with Gasteiger partial charge in [0.15, 0.2) is 9.84 Å². The second kappa shape index (κ2) is 2.68. The van der Waals surface area contributed by atoms with E-state index >= 15 is 0 Å². The third-order valence-corrected chi connectivity index (χ3v) is 5.04. The maximum atomic E-state index is 11.2. The number of nitrogens with two attached hydrogens (primary N) is 1. The monoisotopic (exact) mass is 205 g/mol. The molecule has 2 fully saturated rings. The predicted octanol–water partition coefficient (Wildman–Crippen LogP) is -0.727. The Kier molecular flexibility index (Phi) is 1.94. The minimum Gasteiger partial charge on any atom is -0.393 e. The molecule has 0 bridgehead atoms. The maximum absolute atomic E-state index is 11.2. The van der Waals surface area contributed by atoms with Crippen LogP contribution in [0.2, 0.25) is 0 Å². The summed E-state index contributed by atoms with van der Waals surface area (Å²) in [5, 5.41) is 9.14. The second-order valence-corrected chi connectivity index (χ2v) is 6.62. The van der Waals surface area contributed by atoms with Gasteiger partial charge in [0.25, 0.3) is 0 Å². The highest BCUT2D eigenvalue weighted by Gasteiger charge is 2.49. The number of aliphatic hydroxyl groups is 1. The van der Waals surface area contributed by atoms with Crippen molar-refractivity contribution in [2.24, 2.45) is 11.7 Å². The van der Waals surface area contributed by atoms with Gasteiger partial charge < -0.3 is 10.8 Å². The molecule has 4 nitrogen and oxygen atoms in total. The van der Waals surface area contributed by atoms with E-state index in [-0.39, 0.29) is 23.5 Å². The Morgan fingerprint density at radius 1 is 1.38 bits per heavy atom. The lowest BCUT2D eigenvalue weighted by Crippen LogP contribution is -2.59. The lowest BCUT2D eigenvalue weighted by atomic mass is 9.67. The van der Waals surface area contributed by atoms with Crippen LogP contribution in [0.15, 0.2) is 0 Å². The van der Waals surface area contributed by atoms with Crippen LogP contribution in [-0.2, 0) is 9.84 Å². The first-order chi connectivity index (χ1) is 5.91. The topological polar surface area (TPSA) is 80.4 Å². The van der Waals surface area contributed by atoms with Crippen molar-refractivity contribution in [3.8, 4) is 0 Å². The molecule has 0 aromatic carbocycles. The van der Waals surface area contributed by atoms with Gasteiger partial charge in [0, 0.05) is 5.54 Å². The molecule has 5 heteroatoms. The maximum Gasteiger partial charge on any atom is 0.150 e. The largest absolute Gasteiger partial charge is 0.393 e. The molecule has 13 heavy (non-hydrogen) atoms. The van der Waals surface area contributed by atoms with Gasteiger partial charge in [0.1, 0.15) is 0 Å². The molecular formula is C8H15NO3S. The summed E-state index contributed by atoms with van der Waals surface area (Å²) in [7, 11) is -2.83. The Bertz CT molecular complexity index is 305. The molecule has 1 heterocycles. The highest BCUT2D eigenvalue weighted by atomic mass is 32.2. The van der Waals surface area contributed by atoms with Crippen LogP contribution < -0.4 is 5.73 Å². The van der Waals surface area contributed by atoms with Gasteiger partial charge in [-0.2, -0.15) is 0 Å². The molecule has 1 aliphatic heterocycles. The third-order valence-electron chi connectivity index (χ3n) is 3.28. The van der Waals surface area contributed by atoms with E-state index < -0.39 is 15.4 Å². The van der Waals surface area contributed by atoms with Crippen LogP contribution in [0.25, 0.3) is 0 Å². The molecule has 2 aliphatic rings. The molecule has 0 aromatic rings. The van der Waals surface area contributed by atoms with Crippen molar-refractivity contribution in [1.29, 1.82) is 0 Å². The van der Waals surface area contributed by atoms with Crippen LogP contribution in [0.5, 0.6) is 0 Å². The average Bonchev–Trinajstić information content (AvgIpc) is 2.27. The summed E-state index contributed by atoms with van der Waals surface area (Å²) in [5.74, 6) is 0.559. The minimum absolute atomic E-state index is 0.0703. The number of hydrogen-bond donors (Lipinski definition) is 2. The molecule has 0 aromatic heterocycles. The minimum atomic E-state index is -2.83. The fraction of sp³-hybridized carbons (Fsp3) is 1.00. The molecule has 1 aliphatic carbocycles. The SMILES string of the molecule is NC1(C2CCS(=O)(=O)C2)CC(O)C1. The zero-order chi connectivity index (χ0) is 9.69. The first-order valence-corrected chi connectivity index (χ1v) is 6.41. The smallest absolute Gasteiger partial charge is 0.150 e. The van der Waals surface area contributed by atoms with E-state index in [1.54, 1.807) is 0 Å². The second-order valence-electron chi connectivity index (χ2n) is 4.40. The molecule has 0 amide bonds. The third kappa shape index (κ3) is 1.60. The van der Waals surface area contributed by atoms with Gasteiger partial charge in [0.05, 0.1) is 17.6 Å². The molecule has 1 saturated carbocycles. The van der Waals surface area contributed by atoms with Gasteiger partial charge in [0.2, 0.25) is 0 Å². The Morgan fingerprint density at radius 2 is 2.00 bits per heavy atom. The highest BCUT2D eigenvalue weighted by molar-refractivity contribution is 7.91. The summed E-state index contributed by atoms with van der Waals surface area (Å²) >= 11 is 0. The van der Waals surface area contributed by atoms with Gasteiger partial charge in [-0.1, -0.05) is 0 Å². The summed E-state index contributed by atoms with van der Waals surface area (Å²) in [6.45, 7) is 0. The molecular weight excluding hydrogens is 190 g/mol. The molecule has 2 rings (SSSR count). The van der Waals surface area contributed by atoms with Crippen molar-refractivity contribution in [3.05, 3.63) is 0 Å². The van der Waals surface area contributed by atoms with Crippen LogP contribution in [0.3, 0.4) is 0 Å². The summed E-state index contributed by atoms with van der Waals surface area (Å²) in [5.41, 5.74) is 5.60. The van der Waals surface area contributed by atoms with E-state index in [0.29, 0.717) is 19.3 Å². The van der Waals surface area contributed by atoms with Gasteiger partial charge >= 0.3 is 0 Å². The fourth-order valence-electron chi connectivity index (χ4n) is 2.40. The van der Waals surface area contributed by atoms with E-state index in [1.165, 1.54) is 0 Å². The van der Waals surface area contributed by atoms with Gasteiger partial charge in [-0.25, -0.2) is 8.42 Å². The summed E-state index contributed by atoms with van der Waals surface area (Å²) in [4.78, 5) is 0. The first kappa shape index (κ1) is 9.43. The quantitative estimate of drug-likeness (QED) is 0.591. The molecule has 76 valence electrons. The van der Waals surface area contributed by atoms with Crippen LogP contribution in [-0.4, -0.2) is 36.7 Å². The lowest BCUT2D eigenvalue weighted by molar-refractivity contribution is -0.00277. The van der Waals surface area contributed by atoms with Crippen molar-refractivity contribution in [2.75, 3.05) is 11.5 Å². The van der Waals surface area contributed by atoms with Crippen LogP contribution >= 0.6 is 0 Å². The Hall–Kier alpha value is -0.130. The molecule has 1 atom stereocenters. The van der Waals surface area contributed by atoms with Crippen molar-refractivity contribution in [3.63, 3.8) is 0 Å². The van der Waals surface area contributed by atoms with Crippen LogP contribution in [0, 0.1) is 5.92 Å². The number of hydrogen-bond acceptors (Lipinski definition) is 4.